The third kappa shape index (κ3) is 3.31. The summed E-state index contributed by atoms with van der Waals surface area (Å²) in [6.45, 7) is 3.98. The Morgan fingerprint density at radius 2 is 1.90 bits per heavy atom. The SMILES string of the molecule is C=CCn1c(=S)[nH]c2cc(C(=O)Nc3ccc4c(c3)Cc3ccccc3-4)ccc2c1=O. The van der Waals surface area contributed by atoms with Crippen LogP contribution in [0.15, 0.2) is 78.1 Å². The maximum Gasteiger partial charge on any atom is 0.262 e. The molecule has 0 atom stereocenters. The van der Waals surface area contributed by atoms with Gasteiger partial charge in [0.15, 0.2) is 4.77 Å². The van der Waals surface area contributed by atoms with Gasteiger partial charge in [-0.3, -0.25) is 14.2 Å². The Balaban J connectivity index is 1.44. The number of nitrogens with one attached hydrogen (secondary N) is 2. The lowest BCUT2D eigenvalue weighted by molar-refractivity contribution is 0.102. The lowest BCUT2D eigenvalue weighted by atomic mass is 10.1. The Hall–Kier alpha value is -3.77. The summed E-state index contributed by atoms with van der Waals surface area (Å²) < 4.78 is 1.74. The summed E-state index contributed by atoms with van der Waals surface area (Å²) in [5, 5.41) is 3.44. The number of hydrogen-bond donors (Lipinski definition) is 2. The molecule has 0 radical (unpaired) electrons. The minimum absolute atomic E-state index is 0.205. The van der Waals surface area contributed by atoms with Crippen LogP contribution in [-0.2, 0) is 13.0 Å². The van der Waals surface area contributed by atoms with Gasteiger partial charge >= 0.3 is 0 Å². The fourth-order valence-corrected chi connectivity index (χ4v) is 4.38. The molecule has 1 aromatic heterocycles. The van der Waals surface area contributed by atoms with Crippen LogP contribution in [0.5, 0.6) is 0 Å². The van der Waals surface area contributed by atoms with Crippen molar-refractivity contribution in [1.29, 1.82) is 0 Å². The van der Waals surface area contributed by atoms with Crippen LogP contribution in [0.3, 0.4) is 0 Å². The fourth-order valence-electron chi connectivity index (χ4n) is 4.12. The van der Waals surface area contributed by atoms with Crippen molar-refractivity contribution < 1.29 is 4.79 Å². The minimum Gasteiger partial charge on any atom is -0.332 e. The second kappa shape index (κ2) is 7.49. The van der Waals surface area contributed by atoms with E-state index in [-0.39, 0.29) is 11.5 Å². The molecule has 0 saturated carbocycles. The molecule has 152 valence electrons. The summed E-state index contributed by atoms with van der Waals surface area (Å²) in [5.74, 6) is -0.244. The number of benzene rings is 3. The van der Waals surface area contributed by atoms with Crippen LogP contribution in [0.1, 0.15) is 21.5 Å². The predicted molar refractivity (Wildman–Crippen MR) is 126 cm³/mol. The van der Waals surface area contributed by atoms with Gasteiger partial charge in [0, 0.05) is 17.8 Å². The van der Waals surface area contributed by atoms with Crippen LogP contribution in [0.2, 0.25) is 0 Å². The van der Waals surface area contributed by atoms with Crippen LogP contribution < -0.4 is 10.9 Å². The summed E-state index contributed by atoms with van der Waals surface area (Å²) in [5.41, 5.74) is 6.48. The van der Waals surface area contributed by atoms with Gasteiger partial charge in [-0.15, -0.1) is 6.58 Å². The van der Waals surface area contributed by atoms with E-state index in [0.717, 1.165) is 12.1 Å². The molecule has 4 aromatic rings. The highest BCUT2D eigenvalue weighted by Gasteiger charge is 2.18. The first kappa shape index (κ1) is 19.2. The van der Waals surface area contributed by atoms with E-state index in [2.05, 4.69) is 35.1 Å². The first-order valence-electron chi connectivity index (χ1n) is 9.95. The van der Waals surface area contributed by atoms with Crippen LogP contribution in [-0.4, -0.2) is 15.5 Å². The van der Waals surface area contributed by atoms with Gasteiger partial charge in [0.1, 0.15) is 0 Å². The van der Waals surface area contributed by atoms with E-state index in [4.69, 9.17) is 12.2 Å². The summed E-state index contributed by atoms with van der Waals surface area (Å²) in [6, 6.07) is 19.3. The predicted octanol–water partition coefficient (Wildman–Crippen LogP) is 5.07. The highest BCUT2D eigenvalue weighted by Crippen LogP contribution is 2.37. The Labute approximate surface area is 183 Å². The standard InChI is InChI=1S/C25H19N3O2S/c1-2-11-28-24(30)21-9-7-16(14-22(21)27-25(28)31)23(29)26-18-8-10-20-17(13-18)12-15-5-3-4-6-19(15)20/h2-10,13-14H,1,11-12H2,(H,26,29)(H,27,31). The first-order valence-corrected chi connectivity index (χ1v) is 10.4. The van der Waals surface area contributed by atoms with E-state index < -0.39 is 0 Å². The highest BCUT2D eigenvalue weighted by atomic mass is 32.1. The van der Waals surface area contributed by atoms with E-state index in [1.54, 1.807) is 24.3 Å². The first-order chi connectivity index (χ1) is 15.0. The van der Waals surface area contributed by atoms with Crippen molar-refractivity contribution in [3.05, 3.63) is 105 Å². The minimum atomic E-state index is -0.244. The zero-order valence-corrected chi connectivity index (χ0v) is 17.5. The summed E-state index contributed by atoms with van der Waals surface area (Å²) in [6.07, 6.45) is 2.48. The number of aromatic nitrogens is 2. The monoisotopic (exact) mass is 425 g/mol. The zero-order chi connectivity index (χ0) is 21.5. The molecule has 2 N–H and O–H groups in total. The third-order valence-electron chi connectivity index (χ3n) is 5.61. The normalized spacial score (nSPS) is 11.7. The molecule has 1 aliphatic carbocycles. The lowest BCUT2D eigenvalue weighted by Gasteiger charge is -2.10. The number of rotatable bonds is 4. The average Bonchev–Trinajstić information content (AvgIpc) is 3.14. The van der Waals surface area contributed by atoms with Crippen molar-refractivity contribution in [3.63, 3.8) is 0 Å². The second-order valence-corrected chi connectivity index (χ2v) is 7.94. The Morgan fingerprint density at radius 3 is 2.74 bits per heavy atom. The van der Waals surface area contributed by atoms with Gasteiger partial charge in [-0.05, 0) is 71.2 Å². The topological polar surface area (TPSA) is 66.9 Å². The number of carbonyl (C=O) groups excluding carboxylic acids is 1. The van der Waals surface area contributed by atoms with Crippen molar-refractivity contribution in [1.82, 2.24) is 9.55 Å². The molecule has 5 rings (SSSR count). The summed E-state index contributed by atoms with van der Waals surface area (Å²) >= 11 is 5.28. The van der Waals surface area contributed by atoms with Crippen LogP contribution in [0.25, 0.3) is 22.0 Å². The Morgan fingerprint density at radius 1 is 1.10 bits per heavy atom. The van der Waals surface area contributed by atoms with Crippen LogP contribution in [0, 0.1) is 4.77 Å². The molecule has 0 spiro atoms. The van der Waals surface area contributed by atoms with Gasteiger partial charge in [-0.1, -0.05) is 36.4 Å². The molecule has 6 heteroatoms. The maximum atomic E-state index is 12.9. The van der Waals surface area contributed by atoms with Crippen molar-refractivity contribution in [3.8, 4) is 11.1 Å². The fraction of sp³-hybridized carbons (Fsp3) is 0.0800. The van der Waals surface area contributed by atoms with E-state index in [1.807, 2.05) is 24.3 Å². The van der Waals surface area contributed by atoms with Crippen LogP contribution >= 0.6 is 12.2 Å². The van der Waals surface area contributed by atoms with Crippen LogP contribution in [0.4, 0.5) is 5.69 Å². The molecule has 0 saturated heterocycles. The van der Waals surface area contributed by atoms with Gasteiger partial charge < -0.3 is 10.3 Å². The lowest BCUT2D eigenvalue weighted by Crippen LogP contribution is -2.22. The van der Waals surface area contributed by atoms with Gasteiger partial charge in [0.2, 0.25) is 0 Å². The van der Waals surface area contributed by atoms with E-state index in [1.165, 1.54) is 26.8 Å². The number of H-pyrrole nitrogens is 1. The van der Waals surface area contributed by atoms with Gasteiger partial charge in [-0.25, -0.2) is 0 Å². The quantitative estimate of drug-likeness (QED) is 0.312. The third-order valence-corrected chi connectivity index (χ3v) is 5.93. The number of allylic oxidation sites excluding steroid dienone is 1. The molecule has 31 heavy (non-hydrogen) atoms. The summed E-state index contributed by atoms with van der Waals surface area (Å²) in [4.78, 5) is 28.5. The molecular weight excluding hydrogens is 406 g/mol. The number of nitrogens with zero attached hydrogens (tertiary/aromatic N) is 1. The molecule has 0 aliphatic heterocycles. The van der Waals surface area contributed by atoms with Crippen molar-refractivity contribution >= 4 is 34.7 Å². The molecule has 0 bridgehead atoms. The molecule has 1 amide bonds. The number of aromatic amines is 1. The molecular formula is C25H19N3O2S. The molecule has 1 aliphatic rings. The highest BCUT2D eigenvalue weighted by molar-refractivity contribution is 7.71. The maximum absolute atomic E-state index is 12.9. The van der Waals surface area contributed by atoms with Gasteiger partial charge in [0.05, 0.1) is 10.9 Å². The number of hydrogen-bond acceptors (Lipinski definition) is 3. The summed E-state index contributed by atoms with van der Waals surface area (Å²) in [7, 11) is 0. The van der Waals surface area contributed by atoms with Crippen molar-refractivity contribution in [2.75, 3.05) is 5.32 Å². The van der Waals surface area contributed by atoms with Crippen molar-refractivity contribution in [2.45, 2.75) is 13.0 Å². The largest absolute Gasteiger partial charge is 0.332 e. The van der Waals surface area contributed by atoms with E-state index >= 15 is 0 Å². The number of anilines is 1. The number of fused-ring (bicyclic) bond motifs is 4. The zero-order valence-electron chi connectivity index (χ0n) is 16.6. The number of amides is 1. The van der Waals surface area contributed by atoms with Crippen molar-refractivity contribution in [2.24, 2.45) is 0 Å². The molecule has 1 heterocycles. The smallest absolute Gasteiger partial charge is 0.262 e. The molecule has 3 aromatic carbocycles. The van der Waals surface area contributed by atoms with Gasteiger partial charge in [0.25, 0.3) is 11.5 Å². The number of carbonyl (C=O) groups is 1. The molecule has 5 nitrogen and oxygen atoms in total. The van der Waals surface area contributed by atoms with E-state index in [9.17, 15) is 9.59 Å². The second-order valence-electron chi connectivity index (χ2n) is 7.55. The average molecular weight is 426 g/mol. The molecule has 0 unspecified atom stereocenters. The van der Waals surface area contributed by atoms with Gasteiger partial charge in [-0.2, -0.15) is 0 Å². The Bertz CT molecular complexity index is 1500. The Kier molecular flexibility index (Phi) is 4.64. The molecule has 0 fully saturated rings. The van der Waals surface area contributed by atoms with E-state index in [0.29, 0.717) is 27.8 Å².